The van der Waals surface area contributed by atoms with Gasteiger partial charge in [0, 0.05) is 23.5 Å². The van der Waals surface area contributed by atoms with Gasteiger partial charge in [-0.25, -0.2) is 0 Å². The molecule has 2 nitrogen and oxygen atoms in total. The zero-order valence-corrected chi connectivity index (χ0v) is 12.8. The lowest BCUT2D eigenvalue weighted by Crippen LogP contribution is -2.47. The molecule has 0 aliphatic carbocycles. The highest BCUT2D eigenvalue weighted by atomic mass is 35.5. The molecule has 0 radical (unpaired) electrons. The molecule has 1 aromatic rings. The minimum Gasteiger partial charge on any atom is -0.329 e. The highest BCUT2D eigenvalue weighted by molar-refractivity contribution is 7.16. The molecule has 102 valence electrons. The molecule has 3 unspecified atom stereocenters. The number of hydrogen-bond donors (Lipinski definition) is 1. The molecule has 18 heavy (non-hydrogen) atoms. The Kier molecular flexibility index (Phi) is 5.07. The SMILES string of the molecule is CCC1CCN(C(C)c2ccc(Cl)s2)C(CN)C1. The summed E-state index contributed by atoms with van der Waals surface area (Å²) in [4.78, 5) is 3.92. The first kappa shape index (κ1) is 14.3. The van der Waals surface area contributed by atoms with Gasteiger partial charge in [-0.2, -0.15) is 0 Å². The van der Waals surface area contributed by atoms with E-state index >= 15 is 0 Å². The summed E-state index contributed by atoms with van der Waals surface area (Å²) in [5.74, 6) is 0.855. The maximum Gasteiger partial charge on any atom is 0.0931 e. The first-order valence-electron chi connectivity index (χ1n) is 6.86. The standard InChI is InChI=1S/C14H23ClN2S/c1-3-11-6-7-17(12(8-11)9-16)10(2)13-4-5-14(15)18-13/h4-5,10-12H,3,6-9,16H2,1-2H3. The minimum atomic E-state index is 0.439. The van der Waals surface area contributed by atoms with E-state index in [1.165, 1.54) is 24.1 Å². The zero-order valence-electron chi connectivity index (χ0n) is 11.2. The quantitative estimate of drug-likeness (QED) is 0.909. The molecule has 1 fully saturated rings. The highest BCUT2D eigenvalue weighted by Crippen LogP contribution is 2.35. The number of likely N-dealkylation sites (tertiary alicyclic amines) is 1. The van der Waals surface area contributed by atoms with E-state index in [0.29, 0.717) is 12.1 Å². The largest absolute Gasteiger partial charge is 0.329 e. The summed E-state index contributed by atoms with van der Waals surface area (Å²) in [5.41, 5.74) is 5.97. The minimum absolute atomic E-state index is 0.439. The van der Waals surface area contributed by atoms with Crippen LogP contribution in [-0.4, -0.2) is 24.0 Å². The summed E-state index contributed by atoms with van der Waals surface area (Å²) in [6, 6.07) is 5.11. The molecule has 0 spiro atoms. The Hall–Kier alpha value is -0.0900. The fourth-order valence-electron chi connectivity index (χ4n) is 2.98. The molecule has 1 aromatic heterocycles. The van der Waals surface area contributed by atoms with Gasteiger partial charge >= 0.3 is 0 Å². The number of rotatable bonds is 4. The first-order chi connectivity index (χ1) is 8.65. The summed E-state index contributed by atoms with van der Waals surface area (Å²) in [5, 5.41) is 0. The van der Waals surface area contributed by atoms with E-state index in [1.54, 1.807) is 11.3 Å². The second-order valence-electron chi connectivity index (χ2n) is 5.24. The van der Waals surface area contributed by atoms with Gasteiger partial charge in [0.2, 0.25) is 0 Å². The Labute approximate surface area is 119 Å². The van der Waals surface area contributed by atoms with Gasteiger partial charge in [-0.05, 0) is 44.4 Å². The number of halogens is 1. The van der Waals surface area contributed by atoms with Gasteiger partial charge in [0.1, 0.15) is 0 Å². The van der Waals surface area contributed by atoms with Gasteiger partial charge in [-0.15, -0.1) is 11.3 Å². The number of nitrogens with zero attached hydrogens (tertiary/aromatic N) is 1. The summed E-state index contributed by atoms with van der Waals surface area (Å²) in [6.07, 6.45) is 3.83. The van der Waals surface area contributed by atoms with Crippen LogP contribution in [0.2, 0.25) is 4.34 Å². The lowest BCUT2D eigenvalue weighted by molar-refractivity contribution is 0.0787. The fraction of sp³-hybridized carbons (Fsp3) is 0.714. The topological polar surface area (TPSA) is 29.3 Å². The molecular weight excluding hydrogens is 264 g/mol. The van der Waals surface area contributed by atoms with E-state index in [2.05, 4.69) is 24.8 Å². The number of thiophene rings is 1. The average molecular weight is 287 g/mol. The Morgan fingerprint density at radius 1 is 1.56 bits per heavy atom. The maximum atomic E-state index is 6.03. The van der Waals surface area contributed by atoms with Gasteiger partial charge in [-0.1, -0.05) is 24.9 Å². The van der Waals surface area contributed by atoms with Gasteiger partial charge in [0.25, 0.3) is 0 Å². The molecule has 1 aliphatic rings. The van der Waals surface area contributed by atoms with Crippen LogP contribution in [0.15, 0.2) is 12.1 Å². The summed E-state index contributed by atoms with van der Waals surface area (Å²) >= 11 is 7.73. The molecule has 1 saturated heterocycles. The van der Waals surface area contributed by atoms with Crippen LogP contribution in [0, 0.1) is 5.92 Å². The van der Waals surface area contributed by atoms with Crippen molar-refractivity contribution in [2.45, 2.75) is 45.2 Å². The fourth-order valence-corrected chi connectivity index (χ4v) is 4.11. The van der Waals surface area contributed by atoms with E-state index in [1.807, 2.05) is 6.07 Å². The summed E-state index contributed by atoms with van der Waals surface area (Å²) in [6.45, 7) is 6.49. The van der Waals surface area contributed by atoms with Crippen LogP contribution < -0.4 is 5.73 Å². The predicted molar refractivity (Wildman–Crippen MR) is 80.3 cm³/mol. The third-order valence-electron chi connectivity index (χ3n) is 4.22. The molecule has 1 aliphatic heterocycles. The lowest BCUT2D eigenvalue weighted by atomic mass is 9.88. The molecular formula is C14H23ClN2S. The third-order valence-corrected chi connectivity index (χ3v) is 5.62. The average Bonchev–Trinajstić information content (AvgIpc) is 2.83. The Bertz CT molecular complexity index is 380. The van der Waals surface area contributed by atoms with Crippen molar-refractivity contribution in [2.24, 2.45) is 11.7 Å². The van der Waals surface area contributed by atoms with Crippen LogP contribution in [0.4, 0.5) is 0 Å². The van der Waals surface area contributed by atoms with E-state index in [4.69, 9.17) is 17.3 Å². The first-order valence-corrected chi connectivity index (χ1v) is 8.06. The molecule has 0 saturated carbocycles. The summed E-state index contributed by atoms with van der Waals surface area (Å²) in [7, 11) is 0. The van der Waals surface area contributed by atoms with Gasteiger partial charge < -0.3 is 5.73 Å². The number of hydrogen-bond acceptors (Lipinski definition) is 3. The highest BCUT2D eigenvalue weighted by Gasteiger charge is 2.30. The predicted octanol–water partition coefficient (Wildman–Crippen LogP) is 3.91. The van der Waals surface area contributed by atoms with Gasteiger partial charge in [-0.3, -0.25) is 4.90 Å². The van der Waals surface area contributed by atoms with Crippen molar-refractivity contribution in [3.05, 3.63) is 21.3 Å². The Balaban J connectivity index is 2.07. The van der Waals surface area contributed by atoms with E-state index < -0.39 is 0 Å². The summed E-state index contributed by atoms with van der Waals surface area (Å²) < 4.78 is 0.879. The van der Waals surface area contributed by atoms with Crippen LogP contribution in [0.5, 0.6) is 0 Å². The third kappa shape index (κ3) is 3.08. The molecule has 2 rings (SSSR count). The van der Waals surface area contributed by atoms with Crippen molar-refractivity contribution in [3.8, 4) is 0 Å². The van der Waals surface area contributed by atoms with Crippen LogP contribution in [-0.2, 0) is 0 Å². The van der Waals surface area contributed by atoms with Crippen molar-refractivity contribution in [2.75, 3.05) is 13.1 Å². The van der Waals surface area contributed by atoms with Crippen LogP contribution in [0.1, 0.15) is 44.0 Å². The molecule has 4 heteroatoms. The van der Waals surface area contributed by atoms with Crippen LogP contribution in [0.3, 0.4) is 0 Å². The van der Waals surface area contributed by atoms with Gasteiger partial charge in [0.15, 0.2) is 0 Å². The van der Waals surface area contributed by atoms with Crippen molar-refractivity contribution in [1.29, 1.82) is 0 Å². The Morgan fingerprint density at radius 2 is 2.33 bits per heavy atom. The normalized spacial score (nSPS) is 27.3. The van der Waals surface area contributed by atoms with Crippen molar-refractivity contribution < 1.29 is 0 Å². The van der Waals surface area contributed by atoms with E-state index in [9.17, 15) is 0 Å². The number of piperidine rings is 1. The Morgan fingerprint density at radius 3 is 2.89 bits per heavy atom. The molecule has 0 amide bonds. The van der Waals surface area contributed by atoms with E-state index in [0.717, 1.165) is 23.3 Å². The van der Waals surface area contributed by atoms with Crippen molar-refractivity contribution in [1.82, 2.24) is 4.90 Å². The van der Waals surface area contributed by atoms with E-state index in [-0.39, 0.29) is 0 Å². The second kappa shape index (κ2) is 6.38. The maximum absolute atomic E-state index is 6.03. The molecule has 2 heterocycles. The van der Waals surface area contributed by atoms with Crippen molar-refractivity contribution >= 4 is 22.9 Å². The second-order valence-corrected chi connectivity index (χ2v) is 6.99. The number of nitrogens with two attached hydrogens (primary N) is 1. The molecule has 0 aromatic carbocycles. The van der Waals surface area contributed by atoms with Gasteiger partial charge in [0.05, 0.1) is 4.34 Å². The van der Waals surface area contributed by atoms with Crippen molar-refractivity contribution in [3.63, 3.8) is 0 Å². The lowest BCUT2D eigenvalue weighted by Gasteiger charge is -2.42. The van der Waals surface area contributed by atoms with Crippen LogP contribution >= 0.6 is 22.9 Å². The van der Waals surface area contributed by atoms with Crippen LogP contribution in [0.25, 0.3) is 0 Å². The molecule has 2 N–H and O–H groups in total. The monoisotopic (exact) mass is 286 g/mol. The smallest absolute Gasteiger partial charge is 0.0931 e. The molecule has 3 atom stereocenters. The molecule has 0 bridgehead atoms. The zero-order chi connectivity index (χ0) is 13.1.